The van der Waals surface area contributed by atoms with Gasteiger partial charge in [0.2, 0.25) is 17.6 Å². The van der Waals surface area contributed by atoms with Crippen molar-refractivity contribution in [3.8, 4) is 11.4 Å². The van der Waals surface area contributed by atoms with Crippen LogP contribution in [0.5, 0.6) is 0 Å². The van der Waals surface area contributed by atoms with Gasteiger partial charge in [-0.15, -0.1) is 0 Å². The van der Waals surface area contributed by atoms with Gasteiger partial charge in [0.1, 0.15) is 6.04 Å². The number of hydrogen-bond acceptors (Lipinski definition) is 6. The molecule has 4 rings (SSSR count). The standard InChI is InChI=1S/C18H18N4O2S/c23-16(11-13-6-10-25-12-13)22-9-2-1-3-15(22)18-20-17(21-24-18)14-4-7-19-8-5-14/h4-8,10,12,15H,1-3,9,11H2/t15-/m0/s1. The lowest BCUT2D eigenvalue weighted by Gasteiger charge is -2.33. The first kappa shape index (κ1) is 16.0. The number of pyridine rings is 1. The molecule has 1 aliphatic rings. The molecule has 3 aromatic rings. The van der Waals surface area contributed by atoms with E-state index in [0.29, 0.717) is 18.1 Å². The largest absolute Gasteiger partial charge is 0.337 e. The predicted octanol–water partition coefficient (Wildman–Crippen LogP) is 3.49. The van der Waals surface area contributed by atoms with Crippen LogP contribution >= 0.6 is 11.3 Å². The number of carbonyl (C=O) groups is 1. The highest BCUT2D eigenvalue weighted by atomic mass is 32.1. The highest BCUT2D eigenvalue weighted by molar-refractivity contribution is 7.08. The van der Waals surface area contributed by atoms with Crippen molar-refractivity contribution < 1.29 is 9.32 Å². The van der Waals surface area contributed by atoms with Gasteiger partial charge in [0.25, 0.3) is 0 Å². The van der Waals surface area contributed by atoms with Gasteiger partial charge >= 0.3 is 0 Å². The van der Waals surface area contributed by atoms with Crippen LogP contribution in [-0.2, 0) is 11.2 Å². The van der Waals surface area contributed by atoms with Gasteiger partial charge < -0.3 is 9.42 Å². The highest BCUT2D eigenvalue weighted by Gasteiger charge is 2.32. The molecule has 0 bridgehead atoms. The first-order valence-electron chi connectivity index (χ1n) is 8.36. The number of carbonyl (C=O) groups excluding carboxylic acids is 1. The van der Waals surface area contributed by atoms with E-state index in [2.05, 4.69) is 15.1 Å². The van der Waals surface area contributed by atoms with Crippen molar-refractivity contribution in [3.63, 3.8) is 0 Å². The SMILES string of the molecule is O=C(Cc1ccsc1)N1CCCC[C@H]1c1nc(-c2ccncc2)no1. The Kier molecular flexibility index (Phi) is 4.56. The summed E-state index contributed by atoms with van der Waals surface area (Å²) in [6.07, 6.45) is 6.74. The Bertz CT molecular complexity index is 832. The Hall–Kier alpha value is -2.54. The van der Waals surface area contributed by atoms with E-state index >= 15 is 0 Å². The first-order valence-corrected chi connectivity index (χ1v) is 9.30. The van der Waals surface area contributed by atoms with Crippen molar-refractivity contribution in [2.45, 2.75) is 31.7 Å². The fourth-order valence-corrected chi connectivity index (χ4v) is 3.81. The second-order valence-corrected chi connectivity index (χ2v) is 6.88. The summed E-state index contributed by atoms with van der Waals surface area (Å²) in [7, 11) is 0. The fraction of sp³-hybridized carbons (Fsp3) is 0.333. The van der Waals surface area contributed by atoms with E-state index in [4.69, 9.17) is 4.52 Å². The second-order valence-electron chi connectivity index (χ2n) is 6.10. The van der Waals surface area contributed by atoms with Gasteiger partial charge in [-0.1, -0.05) is 5.16 Å². The van der Waals surface area contributed by atoms with E-state index in [-0.39, 0.29) is 11.9 Å². The van der Waals surface area contributed by atoms with E-state index in [1.165, 1.54) is 0 Å². The third kappa shape index (κ3) is 3.46. The highest BCUT2D eigenvalue weighted by Crippen LogP contribution is 2.31. The van der Waals surface area contributed by atoms with Crippen molar-refractivity contribution in [3.05, 3.63) is 52.8 Å². The summed E-state index contributed by atoms with van der Waals surface area (Å²) in [6.45, 7) is 0.737. The van der Waals surface area contributed by atoms with E-state index in [1.807, 2.05) is 33.9 Å². The third-order valence-electron chi connectivity index (χ3n) is 4.42. The normalized spacial score (nSPS) is 17.6. The number of likely N-dealkylation sites (tertiary alicyclic amines) is 1. The molecule has 25 heavy (non-hydrogen) atoms. The smallest absolute Gasteiger partial charge is 0.249 e. The number of hydrogen-bond donors (Lipinski definition) is 0. The molecule has 0 unspecified atom stereocenters. The van der Waals surface area contributed by atoms with Crippen molar-refractivity contribution in [2.75, 3.05) is 6.54 Å². The van der Waals surface area contributed by atoms with Crippen LogP contribution in [0.1, 0.15) is 36.8 Å². The van der Waals surface area contributed by atoms with Crippen LogP contribution in [-0.4, -0.2) is 32.5 Å². The molecule has 128 valence electrons. The number of thiophene rings is 1. The number of amides is 1. The molecule has 3 aromatic heterocycles. The van der Waals surface area contributed by atoms with E-state index in [0.717, 1.165) is 36.9 Å². The molecule has 0 aliphatic carbocycles. The molecule has 0 N–H and O–H groups in total. The summed E-state index contributed by atoms with van der Waals surface area (Å²) in [5.74, 6) is 1.17. The summed E-state index contributed by atoms with van der Waals surface area (Å²) in [5, 5.41) is 8.10. The molecule has 7 heteroatoms. The van der Waals surface area contributed by atoms with E-state index in [9.17, 15) is 4.79 Å². The van der Waals surface area contributed by atoms with Crippen LogP contribution in [0.3, 0.4) is 0 Å². The van der Waals surface area contributed by atoms with Gasteiger partial charge in [-0.05, 0) is 53.8 Å². The van der Waals surface area contributed by atoms with Gasteiger partial charge in [-0.3, -0.25) is 9.78 Å². The molecule has 0 spiro atoms. The van der Waals surface area contributed by atoms with Gasteiger partial charge in [-0.25, -0.2) is 0 Å². The van der Waals surface area contributed by atoms with Crippen LogP contribution in [0.15, 0.2) is 45.9 Å². The molecule has 1 aliphatic heterocycles. The molecule has 1 amide bonds. The molecule has 0 saturated carbocycles. The summed E-state index contributed by atoms with van der Waals surface area (Å²) in [4.78, 5) is 23.2. The number of nitrogens with zero attached hydrogens (tertiary/aromatic N) is 4. The Morgan fingerprint density at radius 3 is 2.96 bits per heavy atom. The number of aromatic nitrogens is 3. The van der Waals surface area contributed by atoms with Gasteiger partial charge in [0, 0.05) is 24.5 Å². The predicted molar refractivity (Wildman–Crippen MR) is 93.9 cm³/mol. The average Bonchev–Trinajstić information content (AvgIpc) is 3.34. The molecular formula is C18H18N4O2S. The molecule has 4 heterocycles. The lowest BCUT2D eigenvalue weighted by atomic mass is 10.0. The quantitative estimate of drug-likeness (QED) is 0.717. The van der Waals surface area contributed by atoms with E-state index in [1.54, 1.807) is 23.7 Å². The van der Waals surface area contributed by atoms with Gasteiger partial charge in [-0.2, -0.15) is 16.3 Å². The van der Waals surface area contributed by atoms with Crippen molar-refractivity contribution >= 4 is 17.2 Å². The minimum atomic E-state index is -0.136. The maximum Gasteiger partial charge on any atom is 0.249 e. The summed E-state index contributed by atoms with van der Waals surface area (Å²) in [6, 6.07) is 5.54. The van der Waals surface area contributed by atoms with Crippen LogP contribution in [0.4, 0.5) is 0 Å². The Labute approximate surface area is 149 Å². The zero-order valence-corrected chi connectivity index (χ0v) is 14.5. The van der Waals surface area contributed by atoms with Crippen molar-refractivity contribution in [1.82, 2.24) is 20.0 Å². The monoisotopic (exact) mass is 354 g/mol. The maximum absolute atomic E-state index is 12.8. The Morgan fingerprint density at radius 1 is 1.28 bits per heavy atom. The molecule has 1 saturated heterocycles. The molecule has 1 atom stereocenters. The fourth-order valence-electron chi connectivity index (χ4n) is 3.14. The lowest BCUT2D eigenvalue weighted by molar-refractivity contribution is -0.135. The maximum atomic E-state index is 12.8. The van der Waals surface area contributed by atoms with Crippen LogP contribution < -0.4 is 0 Å². The molecule has 0 aromatic carbocycles. The number of piperidine rings is 1. The lowest BCUT2D eigenvalue weighted by Crippen LogP contribution is -2.39. The average molecular weight is 354 g/mol. The summed E-state index contributed by atoms with van der Waals surface area (Å²) in [5.41, 5.74) is 1.92. The zero-order valence-electron chi connectivity index (χ0n) is 13.7. The van der Waals surface area contributed by atoms with Gasteiger partial charge in [0.05, 0.1) is 6.42 Å². The van der Waals surface area contributed by atoms with Crippen LogP contribution in [0, 0.1) is 0 Å². The van der Waals surface area contributed by atoms with Crippen LogP contribution in [0.2, 0.25) is 0 Å². The number of rotatable bonds is 4. The third-order valence-corrected chi connectivity index (χ3v) is 5.16. The van der Waals surface area contributed by atoms with Gasteiger partial charge in [0.15, 0.2) is 0 Å². The second kappa shape index (κ2) is 7.14. The topological polar surface area (TPSA) is 72.1 Å². The molecule has 6 nitrogen and oxygen atoms in total. The summed E-state index contributed by atoms with van der Waals surface area (Å²) >= 11 is 1.61. The summed E-state index contributed by atoms with van der Waals surface area (Å²) < 4.78 is 5.50. The molecular weight excluding hydrogens is 336 g/mol. The zero-order chi connectivity index (χ0) is 17.1. The van der Waals surface area contributed by atoms with Crippen LogP contribution in [0.25, 0.3) is 11.4 Å². The Balaban J connectivity index is 1.55. The molecule has 1 fully saturated rings. The Morgan fingerprint density at radius 2 is 2.16 bits per heavy atom. The minimum Gasteiger partial charge on any atom is -0.337 e. The first-order chi connectivity index (χ1) is 12.3. The van der Waals surface area contributed by atoms with Crippen molar-refractivity contribution in [2.24, 2.45) is 0 Å². The molecule has 0 radical (unpaired) electrons. The minimum absolute atomic E-state index is 0.117. The van der Waals surface area contributed by atoms with E-state index < -0.39 is 0 Å². The van der Waals surface area contributed by atoms with Crippen molar-refractivity contribution in [1.29, 1.82) is 0 Å².